The summed E-state index contributed by atoms with van der Waals surface area (Å²) in [6.07, 6.45) is 0.232. The number of halogens is 1. The summed E-state index contributed by atoms with van der Waals surface area (Å²) in [7, 11) is 0. The van der Waals surface area contributed by atoms with Gasteiger partial charge in [0.15, 0.2) is 0 Å². The van der Waals surface area contributed by atoms with Crippen LogP contribution in [0.1, 0.15) is 17.5 Å². The molecule has 1 N–H and O–H groups in total. The topological polar surface area (TPSA) is 37.3 Å². The summed E-state index contributed by atoms with van der Waals surface area (Å²) in [5, 5.41) is 8.43. The van der Waals surface area contributed by atoms with Gasteiger partial charge in [0, 0.05) is 6.42 Å². The van der Waals surface area contributed by atoms with Crippen molar-refractivity contribution in [3.05, 3.63) is 35.1 Å². The second-order valence-electron chi connectivity index (χ2n) is 2.93. The van der Waals surface area contributed by atoms with Crippen molar-refractivity contribution >= 4 is 5.97 Å². The van der Waals surface area contributed by atoms with Gasteiger partial charge in [-0.25, -0.2) is 4.39 Å². The molecule has 2 nitrogen and oxygen atoms in total. The number of hydrogen-bond donors (Lipinski definition) is 1. The number of rotatable bonds is 3. The molecule has 0 spiro atoms. The van der Waals surface area contributed by atoms with Gasteiger partial charge in [-0.3, -0.25) is 4.79 Å². The Labute approximate surface area is 76.0 Å². The van der Waals surface area contributed by atoms with E-state index in [1.807, 2.05) is 0 Å². The third-order valence-electron chi connectivity index (χ3n) is 1.94. The number of carbonyl (C=O) groups is 1. The van der Waals surface area contributed by atoms with Crippen LogP contribution in [-0.2, 0) is 11.2 Å². The highest BCUT2D eigenvalue weighted by atomic mass is 19.1. The molecule has 1 aromatic rings. The Morgan fingerprint density at radius 3 is 2.77 bits per heavy atom. The van der Waals surface area contributed by atoms with E-state index in [0.29, 0.717) is 5.56 Å². The number of benzene rings is 1. The van der Waals surface area contributed by atoms with Crippen LogP contribution in [0.3, 0.4) is 0 Å². The van der Waals surface area contributed by atoms with Gasteiger partial charge in [-0.05, 0) is 30.5 Å². The molecule has 0 bridgehead atoms. The van der Waals surface area contributed by atoms with Crippen molar-refractivity contribution in [3.63, 3.8) is 0 Å². The SMILES string of the molecule is Cc1cccc(F)c1CCC(=O)O. The summed E-state index contributed by atoms with van der Waals surface area (Å²) in [6.45, 7) is 1.78. The van der Waals surface area contributed by atoms with Crippen LogP contribution in [0.2, 0.25) is 0 Å². The minimum absolute atomic E-state index is 0.0260. The summed E-state index contributed by atoms with van der Waals surface area (Å²) in [4.78, 5) is 10.3. The van der Waals surface area contributed by atoms with Crippen LogP contribution in [0.15, 0.2) is 18.2 Å². The van der Waals surface area contributed by atoms with Crippen LogP contribution in [0.5, 0.6) is 0 Å². The van der Waals surface area contributed by atoms with Crippen LogP contribution >= 0.6 is 0 Å². The van der Waals surface area contributed by atoms with Gasteiger partial charge >= 0.3 is 5.97 Å². The Morgan fingerprint density at radius 1 is 1.54 bits per heavy atom. The molecule has 0 aliphatic heterocycles. The molecule has 0 saturated heterocycles. The fourth-order valence-corrected chi connectivity index (χ4v) is 1.21. The summed E-state index contributed by atoms with van der Waals surface area (Å²) >= 11 is 0. The van der Waals surface area contributed by atoms with Crippen molar-refractivity contribution in [1.29, 1.82) is 0 Å². The van der Waals surface area contributed by atoms with Crippen molar-refractivity contribution in [3.8, 4) is 0 Å². The molecule has 70 valence electrons. The average molecular weight is 182 g/mol. The van der Waals surface area contributed by atoms with Crippen LogP contribution in [0.25, 0.3) is 0 Å². The van der Waals surface area contributed by atoms with Crippen molar-refractivity contribution in [2.75, 3.05) is 0 Å². The third kappa shape index (κ3) is 2.54. The Balaban J connectivity index is 2.81. The zero-order valence-corrected chi connectivity index (χ0v) is 7.38. The number of carboxylic acids is 1. The predicted octanol–water partition coefficient (Wildman–Crippen LogP) is 2.15. The molecule has 1 rings (SSSR count). The molecule has 1 aromatic carbocycles. The van der Waals surface area contributed by atoms with E-state index in [-0.39, 0.29) is 18.7 Å². The lowest BCUT2D eigenvalue weighted by atomic mass is 10.0. The van der Waals surface area contributed by atoms with Gasteiger partial charge in [0.2, 0.25) is 0 Å². The number of aryl methyl sites for hydroxylation is 1. The summed E-state index contributed by atoms with van der Waals surface area (Å²) in [5.41, 5.74) is 1.31. The molecule has 0 atom stereocenters. The molecule has 0 aromatic heterocycles. The first-order valence-electron chi connectivity index (χ1n) is 4.07. The van der Waals surface area contributed by atoms with Gasteiger partial charge in [-0.1, -0.05) is 12.1 Å². The maximum absolute atomic E-state index is 13.1. The Bertz CT molecular complexity index is 300. The molecular formula is C10H11FO2. The molecule has 0 heterocycles. The van der Waals surface area contributed by atoms with Crippen LogP contribution in [-0.4, -0.2) is 11.1 Å². The lowest BCUT2D eigenvalue weighted by Gasteiger charge is -2.04. The molecule has 0 radical (unpaired) electrons. The molecule has 3 heteroatoms. The molecule has 0 unspecified atom stereocenters. The summed E-state index contributed by atoms with van der Waals surface area (Å²) in [5.74, 6) is -1.22. The maximum Gasteiger partial charge on any atom is 0.303 e. The fourth-order valence-electron chi connectivity index (χ4n) is 1.21. The molecular weight excluding hydrogens is 171 g/mol. The first-order valence-corrected chi connectivity index (χ1v) is 4.07. The van der Waals surface area contributed by atoms with Gasteiger partial charge in [0.1, 0.15) is 5.82 Å². The Hall–Kier alpha value is -1.38. The van der Waals surface area contributed by atoms with Crippen molar-refractivity contribution in [2.24, 2.45) is 0 Å². The highest BCUT2D eigenvalue weighted by molar-refractivity contribution is 5.67. The van der Waals surface area contributed by atoms with E-state index in [4.69, 9.17) is 5.11 Å². The summed E-state index contributed by atoms with van der Waals surface area (Å²) < 4.78 is 13.1. The minimum atomic E-state index is -0.900. The first kappa shape index (κ1) is 9.71. The third-order valence-corrected chi connectivity index (χ3v) is 1.94. The van der Waals surface area contributed by atoms with Gasteiger partial charge in [-0.2, -0.15) is 0 Å². The van der Waals surface area contributed by atoms with E-state index in [2.05, 4.69) is 0 Å². The molecule has 0 aliphatic rings. The second kappa shape index (κ2) is 4.03. The van der Waals surface area contributed by atoms with E-state index in [1.54, 1.807) is 19.1 Å². The number of hydrogen-bond acceptors (Lipinski definition) is 1. The van der Waals surface area contributed by atoms with Crippen LogP contribution in [0.4, 0.5) is 4.39 Å². The molecule has 0 saturated carbocycles. The van der Waals surface area contributed by atoms with E-state index in [9.17, 15) is 9.18 Å². The minimum Gasteiger partial charge on any atom is -0.481 e. The summed E-state index contributed by atoms with van der Waals surface area (Å²) in [6, 6.07) is 4.75. The Morgan fingerprint density at radius 2 is 2.23 bits per heavy atom. The fraction of sp³-hybridized carbons (Fsp3) is 0.300. The van der Waals surface area contributed by atoms with Gasteiger partial charge in [0.25, 0.3) is 0 Å². The second-order valence-corrected chi connectivity index (χ2v) is 2.93. The monoisotopic (exact) mass is 182 g/mol. The van der Waals surface area contributed by atoms with Gasteiger partial charge in [0.05, 0.1) is 0 Å². The van der Waals surface area contributed by atoms with Crippen LogP contribution in [0, 0.1) is 12.7 Å². The maximum atomic E-state index is 13.1. The van der Waals surface area contributed by atoms with Gasteiger partial charge in [-0.15, -0.1) is 0 Å². The highest BCUT2D eigenvalue weighted by Crippen LogP contribution is 2.14. The lowest BCUT2D eigenvalue weighted by Crippen LogP contribution is -2.01. The molecule has 0 fully saturated rings. The molecule has 0 aliphatic carbocycles. The Kier molecular flexibility index (Phi) is 3.01. The smallest absolute Gasteiger partial charge is 0.303 e. The van der Waals surface area contributed by atoms with E-state index in [0.717, 1.165) is 5.56 Å². The largest absolute Gasteiger partial charge is 0.481 e. The van der Waals surface area contributed by atoms with Crippen LogP contribution < -0.4 is 0 Å². The standard InChI is InChI=1S/C10H11FO2/c1-7-3-2-4-9(11)8(7)5-6-10(12)13/h2-4H,5-6H2,1H3,(H,12,13). The number of aliphatic carboxylic acids is 1. The highest BCUT2D eigenvalue weighted by Gasteiger charge is 2.06. The normalized spacial score (nSPS) is 10.0. The molecule has 13 heavy (non-hydrogen) atoms. The molecule has 0 amide bonds. The lowest BCUT2D eigenvalue weighted by molar-refractivity contribution is -0.136. The quantitative estimate of drug-likeness (QED) is 0.777. The van der Waals surface area contributed by atoms with Crippen molar-refractivity contribution in [2.45, 2.75) is 19.8 Å². The van der Waals surface area contributed by atoms with Gasteiger partial charge < -0.3 is 5.11 Å². The number of carboxylic acid groups (broad SMARTS) is 1. The average Bonchev–Trinajstić information content (AvgIpc) is 2.03. The van der Waals surface area contributed by atoms with Crippen molar-refractivity contribution < 1.29 is 14.3 Å². The van der Waals surface area contributed by atoms with Crippen molar-refractivity contribution in [1.82, 2.24) is 0 Å². The first-order chi connectivity index (χ1) is 6.11. The zero-order chi connectivity index (χ0) is 9.84. The predicted molar refractivity (Wildman–Crippen MR) is 47.1 cm³/mol. The van der Waals surface area contributed by atoms with E-state index < -0.39 is 5.97 Å². The van der Waals surface area contributed by atoms with E-state index in [1.165, 1.54) is 6.07 Å². The van der Waals surface area contributed by atoms with E-state index >= 15 is 0 Å². The zero-order valence-electron chi connectivity index (χ0n) is 7.38.